The number of nitrogens with one attached hydrogen (secondary N) is 1. The first kappa shape index (κ1) is 21.1. The highest BCUT2D eigenvalue weighted by molar-refractivity contribution is 7.10. The second-order valence-corrected chi connectivity index (χ2v) is 9.28. The molecule has 1 amide bonds. The lowest BCUT2D eigenvalue weighted by atomic mass is 9.95. The zero-order chi connectivity index (χ0) is 19.9. The van der Waals surface area contributed by atoms with Crippen molar-refractivity contribution < 1.29 is 4.79 Å². The molecule has 156 valence electrons. The molecule has 0 radical (unpaired) electrons. The summed E-state index contributed by atoms with van der Waals surface area (Å²) in [5.41, 5.74) is 5.41. The van der Waals surface area contributed by atoms with Gasteiger partial charge in [0, 0.05) is 38.0 Å². The third-order valence-corrected chi connectivity index (χ3v) is 7.08. The van der Waals surface area contributed by atoms with E-state index in [2.05, 4.69) is 44.5 Å². The molecule has 2 atom stereocenters. The maximum Gasteiger partial charge on any atom is 0.217 e. The van der Waals surface area contributed by atoms with Crippen LogP contribution in [0.25, 0.3) is 0 Å². The summed E-state index contributed by atoms with van der Waals surface area (Å²) in [6.07, 6.45) is 5.17. The predicted molar refractivity (Wildman–Crippen MR) is 117 cm³/mol. The summed E-state index contributed by atoms with van der Waals surface area (Å²) in [6, 6.07) is 4.78. The number of primary amides is 1. The number of nitrogens with two attached hydrogens (primary N) is 1. The van der Waals surface area contributed by atoms with Gasteiger partial charge in [0.15, 0.2) is 5.96 Å². The topological polar surface area (TPSA) is 74.0 Å². The molecule has 3 N–H and O–H groups in total. The molecule has 0 aromatic carbocycles. The first-order valence-electron chi connectivity index (χ1n) is 10.6. The molecule has 1 aromatic heterocycles. The van der Waals surface area contributed by atoms with E-state index in [4.69, 9.17) is 5.73 Å². The van der Waals surface area contributed by atoms with Gasteiger partial charge in [0.25, 0.3) is 0 Å². The van der Waals surface area contributed by atoms with Crippen LogP contribution in [-0.4, -0.2) is 61.4 Å². The molecule has 2 aliphatic rings. The van der Waals surface area contributed by atoms with E-state index in [1.807, 2.05) is 18.4 Å². The van der Waals surface area contributed by atoms with Crippen molar-refractivity contribution in [3.05, 3.63) is 22.4 Å². The lowest BCUT2D eigenvalue weighted by Gasteiger charge is -2.38. The predicted octanol–water partition coefficient (Wildman–Crippen LogP) is 2.68. The van der Waals surface area contributed by atoms with Crippen molar-refractivity contribution in [2.45, 2.75) is 45.1 Å². The van der Waals surface area contributed by atoms with Crippen LogP contribution in [0.2, 0.25) is 0 Å². The zero-order valence-electron chi connectivity index (χ0n) is 17.3. The van der Waals surface area contributed by atoms with Gasteiger partial charge in [-0.05, 0) is 62.1 Å². The summed E-state index contributed by atoms with van der Waals surface area (Å²) in [4.78, 5) is 22.2. The lowest BCUT2D eigenvalue weighted by Crippen LogP contribution is -2.49. The Balaban J connectivity index is 1.62. The standard InChI is InChI=1S/C21H35N5OS/c1-16-7-10-25(11-8-16)18(19-6-4-12-28-19)14-24-21(23-2)26-9-3-5-17(15-26)13-20(22)27/h4,6,12,16-18H,3,5,7-11,13-15H2,1-2H3,(H2,22,27)(H,23,24). The summed E-state index contributed by atoms with van der Waals surface area (Å²) in [6.45, 7) is 7.38. The molecule has 0 saturated carbocycles. The van der Waals surface area contributed by atoms with E-state index in [1.165, 1.54) is 17.7 Å². The molecule has 2 aliphatic heterocycles. The van der Waals surface area contributed by atoms with Crippen LogP contribution in [0, 0.1) is 11.8 Å². The second-order valence-electron chi connectivity index (χ2n) is 8.30. The number of carbonyl (C=O) groups excluding carboxylic acids is 1. The van der Waals surface area contributed by atoms with E-state index in [0.717, 1.165) is 57.4 Å². The van der Waals surface area contributed by atoms with Crippen LogP contribution < -0.4 is 11.1 Å². The number of rotatable bonds is 6. The molecule has 3 heterocycles. The van der Waals surface area contributed by atoms with Crippen molar-refractivity contribution in [3.8, 4) is 0 Å². The highest BCUT2D eigenvalue weighted by atomic mass is 32.1. The molecule has 0 bridgehead atoms. The Hall–Kier alpha value is -1.60. The monoisotopic (exact) mass is 405 g/mol. The van der Waals surface area contributed by atoms with Gasteiger partial charge in [-0.2, -0.15) is 0 Å². The number of hydrogen-bond donors (Lipinski definition) is 2. The third-order valence-electron chi connectivity index (χ3n) is 6.10. The molecule has 0 spiro atoms. The molecule has 2 fully saturated rings. The molecule has 6 nitrogen and oxygen atoms in total. The Morgan fingerprint density at radius 1 is 1.36 bits per heavy atom. The van der Waals surface area contributed by atoms with Crippen LogP contribution in [0.4, 0.5) is 0 Å². The van der Waals surface area contributed by atoms with Crippen molar-refractivity contribution in [3.63, 3.8) is 0 Å². The zero-order valence-corrected chi connectivity index (χ0v) is 18.1. The van der Waals surface area contributed by atoms with Crippen molar-refractivity contribution in [1.29, 1.82) is 0 Å². The average molecular weight is 406 g/mol. The van der Waals surface area contributed by atoms with Crippen LogP contribution in [0.3, 0.4) is 0 Å². The van der Waals surface area contributed by atoms with Crippen molar-refractivity contribution in [1.82, 2.24) is 15.1 Å². The summed E-state index contributed by atoms with van der Waals surface area (Å²) in [7, 11) is 1.85. The quantitative estimate of drug-likeness (QED) is 0.564. The summed E-state index contributed by atoms with van der Waals surface area (Å²) in [5, 5.41) is 5.80. The number of amides is 1. The molecule has 2 saturated heterocycles. The minimum absolute atomic E-state index is 0.202. The van der Waals surface area contributed by atoms with E-state index in [1.54, 1.807) is 0 Å². The number of guanidine groups is 1. The molecule has 1 aromatic rings. The Morgan fingerprint density at radius 3 is 2.79 bits per heavy atom. The van der Waals surface area contributed by atoms with Gasteiger partial charge in [-0.1, -0.05) is 13.0 Å². The van der Waals surface area contributed by atoms with Gasteiger partial charge >= 0.3 is 0 Å². The van der Waals surface area contributed by atoms with Crippen molar-refractivity contribution in [2.75, 3.05) is 39.8 Å². The first-order valence-corrected chi connectivity index (χ1v) is 11.5. The van der Waals surface area contributed by atoms with Crippen LogP contribution in [0.1, 0.15) is 49.9 Å². The average Bonchev–Trinajstić information content (AvgIpc) is 3.20. The Kier molecular flexibility index (Phi) is 7.73. The maximum absolute atomic E-state index is 11.3. The molecule has 2 unspecified atom stereocenters. The third kappa shape index (κ3) is 5.70. The number of nitrogens with zero attached hydrogens (tertiary/aromatic N) is 3. The van der Waals surface area contributed by atoms with Gasteiger partial charge in [-0.15, -0.1) is 11.3 Å². The van der Waals surface area contributed by atoms with E-state index in [0.29, 0.717) is 18.4 Å². The van der Waals surface area contributed by atoms with Gasteiger partial charge < -0.3 is 16.0 Å². The van der Waals surface area contributed by atoms with Gasteiger partial charge in [0.1, 0.15) is 0 Å². The molecule has 7 heteroatoms. The van der Waals surface area contributed by atoms with Gasteiger partial charge in [0.05, 0.1) is 6.04 Å². The van der Waals surface area contributed by atoms with Crippen LogP contribution in [-0.2, 0) is 4.79 Å². The van der Waals surface area contributed by atoms with Crippen LogP contribution in [0.15, 0.2) is 22.5 Å². The number of likely N-dealkylation sites (tertiary alicyclic amines) is 2. The number of piperidine rings is 2. The van der Waals surface area contributed by atoms with Gasteiger partial charge in [-0.3, -0.25) is 14.7 Å². The molecule has 28 heavy (non-hydrogen) atoms. The number of aliphatic imine (C=N–C) groups is 1. The number of carbonyl (C=O) groups is 1. The molecule has 0 aliphatic carbocycles. The summed E-state index contributed by atoms with van der Waals surface area (Å²) in [5.74, 6) is 1.91. The van der Waals surface area contributed by atoms with E-state index >= 15 is 0 Å². The molecule has 3 rings (SSSR count). The fourth-order valence-corrected chi connectivity index (χ4v) is 5.32. The lowest BCUT2D eigenvalue weighted by molar-refractivity contribution is -0.119. The second kappa shape index (κ2) is 10.3. The molecular weight excluding hydrogens is 370 g/mol. The fraction of sp³-hybridized carbons (Fsp3) is 0.714. The number of hydrogen-bond acceptors (Lipinski definition) is 4. The van der Waals surface area contributed by atoms with Gasteiger partial charge in [0.2, 0.25) is 5.91 Å². The summed E-state index contributed by atoms with van der Waals surface area (Å²) < 4.78 is 0. The largest absolute Gasteiger partial charge is 0.370 e. The van der Waals surface area contributed by atoms with E-state index in [9.17, 15) is 4.79 Å². The van der Waals surface area contributed by atoms with E-state index < -0.39 is 0 Å². The van der Waals surface area contributed by atoms with Crippen molar-refractivity contribution in [2.24, 2.45) is 22.6 Å². The van der Waals surface area contributed by atoms with Crippen molar-refractivity contribution >= 4 is 23.2 Å². The Bertz CT molecular complexity index is 639. The van der Waals surface area contributed by atoms with Crippen LogP contribution in [0.5, 0.6) is 0 Å². The Labute approximate surface area is 173 Å². The maximum atomic E-state index is 11.3. The SMILES string of the molecule is CN=C(NCC(c1cccs1)N1CCC(C)CC1)N1CCCC(CC(N)=O)C1. The van der Waals surface area contributed by atoms with Crippen LogP contribution >= 0.6 is 11.3 Å². The highest BCUT2D eigenvalue weighted by Gasteiger charge is 2.27. The normalized spacial score (nSPS) is 23.6. The fourth-order valence-electron chi connectivity index (χ4n) is 4.46. The van der Waals surface area contributed by atoms with Gasteiger partial charge in [-0.25, -0.2) is 0 Å². The Morgan fingerprint density at radius 2 is 2.14 bits per heavy atom. The number of thiophene rings is 1. The van der Waals surface area contributed by atoms with E-state index in [-0.39, 0.29) is 5.91 Å². The minimum atomic E-state index is -0.202. The smallest absolute Gasteiger partial charge is 0.217 e. The molecular formula is C21H35N5OS. The first-order chi connectivity index (χ1) is 13.6. The minimum Gasteiger partial charge on any atom is -0.370 e. The summed E-state index contributed by atoms with van der Waals surface area (Å²) >= 11 is 1.84. The highest BCUT2D eigenvalue weighted by Crippen LogP contribution is 2.29.